The minimum absolute atomic E-state index is 0.703. The number of ether oxygens (including phenoxy) is 1. The normalized spacial score (nSPS) is 10.5. The van der Waals surface area contributed by atoms with E-state index in [0.29, 0.717) is 5.76 Å². The van der Waals surface area contributed by atoms with Gasteiger partial charge in [-0.2, -0.15) is 0 Å². The third kappa shape index (κ3) is 2.18. The van der Waals surface area contributed by atoms with Gasteiger partial charge in [-0.05, 0) is 13.0 Å². The minimum atomic E-state index is 0.703. The fourth-order valence-electron chi connectivity index (χ4n) is 2.15. The Bertz CT molecular complexity index is 714. The largest absolute Gasteiger partial charge is 0.496 e. The summed E-state index contributed by atoms with van der Waals surface area (Å²) in [5, 5.41) is 3.82. The number of methoxy groups -OCH3 is 1. The first kappa shape index (κ1) is 12.5. The summed E-state index contributed by atoms with van der Waals surface area (Å²) in [5.74, 6) is 1.48. The van der Waals surface area contributed by atoms with Crippen LogP contribution in [0.3, 0.4) is 0 Å². The molecule has 2 aromatic carbocycles. The van der Waals surface area contributed by atoms with Gasteiger partial charge in [0, 0.05) is 11.1 Å². The van der Waals surface area contributed by atoms with Crippen molar-refractivity contribution in [2.24, 2.45) is 0 Å². The Morgan fingerprint density at radius 3 is 2.55 bits per heavy atom. The van der Waals surface area contributed by atoms with E-state index in [1.54, 1.807) is 7.11 Å². The van der Waals surface area contributed by atoms with Gasteiger partial charge in [-0.3, -0.25) is 0 Å². The lowest BCUT2D eigenvalue weighted by molar-refractivity contribution is 0.416. The molecule has 0 unspecified atom stereocenters. The molecule has 99 valence electrons. The molecule has 3 heteroatoms. The molecule has 1 aromatic heterocycles. The molecule has 0 saturated heterocycles. The van der Waals surface area contributed by atoms with Gasteiger partial charge in [-0.15, -0.1) is 0 Å². The molecular weight excluding hydrogens is 250 g/mol. The lowest BCUT2D eigenvalue weighted by atomic mass is 10.0. The molecule has 0 N–H and O–H groups in total. The zero-order valence-electron chi connectivity index (χ0n) is 11.4. The maximum absolute atomic E-state index is 5.39. The highest BCUT2D eigenvalue weighted by Gasteiger charge is 2.16. The van der Waals surface area contributed by atoms with E-state index in [0.717, 1.165) is 22.4 Å². The SMILES string of the molecule is COc1ccccc1-c1[c]noc1-c1ccc(C)cc1. The molecular formula is C17H14NO2. The Labute approximate surface area is 117 Å². The summed E-state index contributed by atoms with van der Waals surface area (Å²) in [6.45, 7) is 2.05. The maximum atomic E-state index is 5.39. The van der Waals surface area contributed by atoms with Crippen molar-refractivity contribution in [3.8, 4) is 28.2 Å². The van der Waals surface area contributed by atoms with Gasteiger partial charge in [0.2, 0.25) is 0 Å². The van der Waals surface area contributed by atoms with E-state index >= 15 is 0 Å². The molecule has 0 aliphatic rings. The summed E-state index contributed by atoms with van der Waals surface area (Å²) in [6.07, 6.45) is 2.91. The average Bonchev–Trinajstić information content (AvgIpc) is 2.97. The molecule has 0 fully saturated rings. The summed E-state index contributed by atoms with van der Waals surface area (Å²) >= 11 is 0. The highest BCUT2D eigenvalue weighted by atomic mass is 16.5. The van der Waals surface area contributed by atoms with Crippen molar-refractivity contribution in [2.75, 3.05) is 7.11 Å². The molecule has 0 bridgehead atoms. The fourth-order valence-corrected chi connectivity index (χ4v) is 2.15. The molecule has 0 saturated carbocycles. The van der Waals surface area contributed by atoms with Crippen LogP contribution in [0.25, 0.3) is 22.5 Å². The molecule has 3 aromatic rings. The quantitative estimate of drug-likeness (QED) is 0.713. The Hall–Kier alpha value is -2.55. The van der Waals surface area contributed by atoms with E-state index in [4.69, 9.17) is 9.26 Å². The number of para-hydroxylation sites is 1. The topological polar surface area (TPSA) is 35.3 Å². The van der Waals surface area contributed by atoms with Gasteiger partial charge >= 0.3 is 0 Å². The van der Waals surface area contributed by atoms with Gasteiger partial charge in [0.1, 0.15) is 11.9 Å². The summed E-state index contributed by atoms with van der Waals surface area (Å²) in [5.41, 5.74) is 3.92. The van der Waals surface area contributed by atoms with Gasteiger partial charge < -0.3 is 9.26 Å². The smallest absolute Gasteiger partial charge is 0.175 e. The number of nitrogens with zero attached hydrogens (tertiary/aromatic N) is 1. The van der Waals surface area contributed by atoms with Gasteiger partial charge in [-0.1, -0.05) is 53.2 Å². The van der Waals surface area contributed by atoms with E-state index in [2.05, 4.69) is 18.3 Å². The Balaban J connectivity index is 2.13. The van der Waals surface area contributed by atoms with Gasteiger partial charge in [-0.25, -0.2) is 0 Å². The van der Waals surface area contributed by atoms with Crippen molar-refractivity contribution < 1.29 is 9.26 Å². The zero-order valence-corrected chi connectivity index (χ0v) is 11.4. The molecule has 20 heavy (non-hydrogen) atoms. The second kappa shape index (κ2) is 5.21. The van der Waals surface area contributed by atoms with E-state index in [1.807, 2.05) is 48.5 Å². The van der Waals surface area contributed by atoms with Crippen LogP contribution in [0.4, 0.5) is 0 Å². The summed E-state index contributed by atoms with van der Waals surface area (Å²) < 4.78 is 10.8. The molecule has 0 atom stereocenters. The Morgan fingerprint density at radius 1 is 1.05 bits per heavy atom. The maximum Gasteiger partial charge on any atom is 0.175 e. The van der Waals surface area contributed by atoms with Crippen LogP contribution in [0.1, 0.15) is 5.56 Å². The van der Waals surface area contributed by atoms with Crippen LogP contribution < -0.4 is 4.74 Å². The predicted octanol–water partition coefficient (Wildman–Crippen LogP) is 4.13. The van der Waals surface area contributed by atoms with E-state index in [-0.39, 0.29) is 0 Å². The number of hydrogen-bond donors (Lipinski definition) is 0. The third-order valence-corrected chi connectivity index (χ3v) is 3.21. The number of rotatable bonds is 3. The van der Waals surface area contributed by atoms with Crippen LogP contribution in [0.5, 0.6) is 5.75 Å². The average molecular weight is 264 g/mol. The molecule has 0 amide bonds. The highest BCUT2D eigenvalue weighted by molar-refractivity contribution is 5.81. The van der Waals surface area contributed by atoms with Crippen molar-refractivity contribution >= 4 is 0 Å². The Kier molecular flexibility index (Phi) is 3.25. The summed E-state index contributed by atoms with van der Waals surface area (Å²) in [7, 11) is 1.65. The molecule has 0 aliphatic heterocycles. The number of aryl methyl sites for hydroxylation is 1. The lowest BCUT2D eigenvalue weighted by Gasteiger charge is -2.07. The first-order chi connectivity index (χ1) is 9.79. The first-order valence-corrected chi connectivity index (χ1v) is 6.37. The van der Waals surface area contributed by atoms with E-state index < -0.39 is 0 Å². The minimum Gasteiger partial charge on any atom is -0.496 e. The second-order valence-electron chi connectivity index (χ2n) is 4.56. The molecule has 1 radical (unpaired) electrons. The van der Waals surface area contributed by atoms with Gasteiger partial charge in [0.25, 0.3) is 0 Å². The highest BCUT2D eigenvalue weighted by Crippen LogP contribution is 2.36. The van der Waals surface area contributed by atoms with Crippen LogP contribution >= 0.6 is 0 Å². The monoisotopic (exact) mass is 264 g/mol. The molecule has 3 nitrogen and oxygen atoms in total. The molecule has 0 aliphatic carbocycles. The fraction of sp³-hybridized carbons (Fsp3) is 0.118. The van der Waals surface area contributed by atoms with Crippen molar-refractivity contribution in [1.82, 2.24) is 5.16 Å². The number of hydrogen-bond acceptors (Lipinski definition) is 3. The zero-order chi connectivity index (χ0) is 13.9. The van der Waals surface area contributed by atoms with Crippen LogP contribution in [-0.4, -0.2) is 12.3 Å². The first-order valence-electron chi connectivity index (χ1n) is 6.37. The van der Waals surface area contributed by atoms with Gasteiger partial charge in [0.15, 0.2) is 5.76 Å². The van der Waals surface area contributed by atoms with Crippen LogP contribution in [0, 0.1) is 13.1 Å². The van der Waals surface area contributed by atoms with Crippen LogP contribution in [-0.2, 0) is 0 Å². The van der Waals surface area contributed by atoms with Crippen LogP contribution in [0.2, 0.25) is 0 Å². The number of aromatic nitrogens is 1. The van der Waals surface area contributed by atoms with E-state index in [9.17, 15) is 0 Å². The van der Waals surface area contributed by atoms with Gasteiger partial charge in [0.05, 0.1) is 12.7 Å². The third-order valence-electron chi connectivity index (χ3n) is 3.21. The van der Waals surface area contributed by atoms with Crippen molar-refractivity contribution in [1.29, 1.82) is 0 Å². The van der Waals surface area contributed by atoms with Crippen molar-refractivity contribution in [3.05, 3.63) is 60.3 Å². The molecule has 1 heterocycles. The standard InChI is InChI=1S/C17H14NO2/c1-12-7-9-13(10-8-12)17-15(11-18-20-17)14-5-3-4-6-16(14)19-2/h3-10H,1-2H3. The summed E-state index contributed by atoms with van der Waals surface area (Å²) in [4.78, 5) is 0. The van der Waals surface area contributed by atoms with Crippen LogP contribution in [0.15, 0.2) is 53.1 Å². The van der Waals surface area contributed by atoms with Crippen molar-refractivity contribution in [3.63, 3.8) is 0 Å². The lowest BCUT2D eigenvalue weighted by Crippen LogP contribution is -1.88. The second-order valence-corrected chi connectivity index (χ2v) is 4.56. The van der Waals surface area contributed by atoms with Crippen molar-refractivity contribution in [2.45, 2.75) is 6.92 Å². The Morgan fingerprint density at radius 2 is 1.80 bits per heavy atom. The van der Waals surface area contributed by atoms with E-state index in [1.165, 1.54) is 5.56 Å². The number of benzene rings is 2. The summed E-state index contributed by atoms with van der Waals surface area (Å²) in [6, 6.07) is 15.9. The molecule has 0 spiro atoms. The molecule has 3 rings (SSSR count). The predicted molar refractivity (Wildman–Crippen MR) is 77.5 cm³/mol.